The topological polar surface area (TPSA) is 108 Å². The van der Waals surface area contributed by atoms with Crippen molar-refractivity contribution in [1.29, 1.82) is 0 Å². The van der Waals surface area contributed by atoms with Crippen molar-refractivity contribution in [1.82, 2.24) is 29.5 Å². The Labute approximate surface area is 131 Å². The van der Waals surface area contributed by atoms with E-state index in [4.69, 9.17) is 5.73 Å². The zero-order valence-electron chi connectivity index (χ0n) is 12.1. The fourth-order valence-electron chi connectivity index (χ4n) is 2.49. The molecule has 0 aromatic carbocycles. The predicted octanol–water partition coefficient (Wildman–Crippen LogP) is 0.0190. The van der Waals surface area contributed by atoms with Crippen molar-refractivity contribution >= 4 is 11.7 Å². The Morgan fingerprint density at radius 2 is 2.00 bits per heavy atom. The molecular weight excluding hydrogens is 296 g/mol. The molecule has 4 rings (SSSR count). The van der Waals surface area contributed by atoms with E-state index < -0.39 is 5.91 Å². The zero-order valence-corrected chi connectivity index (χ0v) is 12.1. The van der Waals surface area contributed by atoms with Gasteiger partial charge in [-0.1, -0.05) is 0 Å². The minimum atomic E-state index is -0.467. The van der Waals surface area contributed by atoms with Crippen molar-refractivity contribution in [2.45, 2.75) is 6.04 Å². The first-order valence-electron chi connectivity index (χ1n) is 7.11. The molecule has 1 aliphatic rings. The molecule has 116 valence electrons. The molecule has 9 nitrogen and oxygen atoms in total. The normalized spacial score (nSPS) is 14.7. The molecule has 23 heavy (non-hydrogen) atoms. The number of anilines is 1. The van der Waals surface area contributed by atoms with E-state index >= 15 is 0 Å². The number of hydrogen-bond acceptors (Lipinski definition) is 6. The van der Waals surface area contributed by atoms with E-state index in [1.54, 1.807) is 34.2 Å². The van der Waals surface area contributed by atoms with Gasteiger partial charge >= 0.3 is 0 Å². The molecule has 3 aromatic rings. The van der Waals surface area contributed by atoms with Crippen molar-refractivity contribution in [3.63, 3.8) is 0 Å². The van der Waals surface area contributed by atoms with E-state index in [1.165, 1.54) is 6.20 Å². The molecule has 0 atom stereocenters. The summed E-state index contributed by atoms with van der Waals surface area (Å²) in [5.41, 5.74) is 5.66. The Hall–Kier alpha value is -3.23. The van der Waals surface area contributed by atoms with E-state index in [2.05, 4.69) is 25.1 Å². The molecule has 1 saturated heterocycles. The summed E-state index contributed by atoms with van der Waals surface area (Å²) in [6, 6.07) is 2.03. The summed E-state index contributed by atoms with van der Waals surface area (Å²) in [5.74, 6) is 0.993. The monoisotopic (exact) mass is 310 g/mol. The first-order chi connectivity index (χ1) is 11.2. The van der Waals surface area contributed by atoms with Crippen LogP contribution < -0.4 is 10.6 Å². The summed E-state index contributed by atoms with van der Waals surface area (Å²) in [6.07, 6.45) is 10.1. The van der Waals surface area contributed by atoms with E-state index in [-0.39, 0.29) is 6.04 Å². The van der Waals surface area contributed by atoms with Crippen LogP contribution in [0.5, 0.6) is 0 Å². The largest absolute Gasteiger partial charge is 0.366 e. The minimum Gasteiger partial charge on any atom is -0.366 e. The first-order valence-corrected chi connectivity index (χ1v) is 7.11. The van der Waals surface area contributed by atoms with Crippen LogP contribution in [0.3, 0.4) is 0 Å². The number of primary amides is 1. The van der Waals surface area contributed by atoms with E-state index in [0.717, 1.165) is 18.9 Å². The number of nitrogens with zero attached hydrogens (tertiary/aromatic N) is 7. The predicted molar refractivity (Wildman–Crippen MR) is 81.1 cm³/mol. The Balaban J connectivity index is 1.47. The van der Waals surface area contributed by atoms with Gasteiger partial charge in [-0.3, -0.25) is 14.5 Å². The number of carbonyl (C=O) groups excluding carboxylic acids is 1. The van der Waals surface area contributed by atoms with Gasteiger partial charge in [-0.15, -0.1) is 0 Å². The van der Waals surface area contributed by atoms with Crippen molar-refractivity contribution in [2.24, 2.45) is 5.73 Å². The average Bonchev–Trinajstić information content (AvgIpc) is 3.18. The highest BCUT2D eigenvalue weighted by atomic mass is 16.1. The van der Waals surface area contributed by atoms with Gasteiger partial charge in [0.1, 0.15) is 5.82 Å². The van der Waals surface area contributed by atoms with Crippen molar-refractivity contribution in [3.05, 3.63) is 48.8 Å². The molecule has 3 aromatic heterocycles. The molecule has 1 amide bonds. The fourth-order valence-corrected chi connectivity index (χ4v) is 2.49. The molecular formula is C14H14N8O. The lowest BCUT2D eigenvalue weighted by Gasteiger charge is -2.39. The zero-order chi connectivity index (χ0) is 15.8. The Morgan fingerprint density at radius 3 is 2.70 bits per heavy atom. The van der Waals surface area contributed by atoms with Gasteiger partial charge in [0, 0.05) is 31.7 Å². The standard InChI is InChI=1S/C14H14N8O/c15-14(23)10-4-18-22(7-10)11-8-20(9-11)12-5-16-6-13(19-12)21-3-1-2-17-21/h1-7,11H,8-9H2,(H2,15,23). The molecule has 0 spiro atoms. The van der Waals surface area contributed by atoms with Gasteiger partial charge in [-0.05, 0) is 6.07 Å². The van der Waals surface area contributed by atoms with Gasteiger partial charge in [-0.25, -0.2) is 9.67 Å². The maximum atomic E-state index is 11.1. The number of carbonyl (C=O) groups is 1. The highest BCUT2D eigenvalue weighted by Crippen LogP contribution is 2.26. The number of nitrogens with two attached hydrogens (primary N) is 1. The van der Waals surface area contributed by atoms with E-state index in [0.29, 0.717) is 11.4 Å². The van der Waals surface area contributed by atoms with Crippen LogP contribution in [0.25, 0.3) is 5.82 Å². The molecule has 2 N–H and O–H groups in total. The molecule has 0 bridgehead atoms. The highest BCUT2D eigenvalue weighted by molar-refractivity contribution is 5.92. The summed E-state index contributed by atoms with van der Waals surface area (Å²) in [7, 11) is 0. The molecule has 9 heteroatoms. The third-order valence-corrected chi connectivity index (χ3v) is 3.79. The smallest absolute Gasteiger partial charge is 0.251 e. The molecule has 0 aliphatic carbocycles. The number of rotatable bonds is 4. The fraction of sp³-hybridized carbons (Fsp3) is 0.214. The van der Waals surface area contributed by atoms with Gasteiger partial charge < -0.3 is 10.6 Å². The Morgan fingerprint density at radius 1 is 1.17 bits per heavy atom. The van der Waals surface area contributed by atoms with Crippen LogP contribution in [-0.4, -0.2) is 48.5 Å². The van der Waals surface area contributed by atoms with Crippen LogP contribution in [0.2, 0.25) is 0 Å². The van der Waals surface area contributed by atoms with Gasteiger partial charge in [-0.2, -0.15) is 10.2 Å². The average molecular weight is 310 g/mol. The summed E-state index contributed by atoms with van der Waals surface area (Å²) in [4.78, 5) is 22.0. The van der Waals surface area contributed by atoms with Gasteiger partial charge in [0.05, 0.1) is 30.2 Å². The quantitative estimate of drug-likeness (QED) is 0.728. The first kappa shape index (κ1) is 13.4. The van der Waals surface area contributed by atoms with E-state index in [1.807, 2.05) is 12.3 Å². The number of hydrogen-bond donors (Lipinski definition) is 1. The maximum Gasteiger partial charge on any atom is 0.251 e. The molecule has 1 fully saturated rings. The second-order valence-corrected chi connectivity index (χ2v) is 5.32. The van der Waals surface area contributed by atoms with E-state index in [9.17, 15) is 4.79 Å². The molecule has 0 unspecified atom stereocenters. The molecule has 4 heterocycles. The molecule has 1 aliphatic heterocycles. The second kappa shape index (κ2) is 5.20. The lowest BCUT2D eigenvalue weighted by atomic mass is 10.1. The lowest BCUT2D eigenvalue weighted by Crippen LogP contribution is -2.48. The van der Waals surface area contributed by atoms with Crippen LogP contribution >= 0.6 is 0 Å². The van der Waals surface area contributed by atoms with Gasteiger partial charge in [0.2, 0.25) is 0 Å². The van der Waals surface area contributed by atoms with Crippen LogP contribution in [0.4, 0.5) is 5.82 Å². The van der Waals surface area contributed by atoms with Crippen LogP contribution in [0.1, 0.15) is 16.4 Å². The van der Waals surface area contributed by atoms with Crippen LogP contribution in [0.15, 0.2) is 43.2 Å². The van der Waals surface area contributed by atoms with Gasteiger partial charge in [0.15, 0.2) is 5.82 Å². The van der Waals surface area contributed by atoms with Crippen molar-refractivity contribution < 1.29 is 4.79 Å². The maximum absolute atomic E-state index is 11.1. The van der Waals surface area contributed by atoms with Crippen LogP contribution in [-0.2, 0) is 0 Å². The summed E-state index contributed by atoms with van der Waals surface area (Å²) >= 11 is 0. The minimum absolute atomic E-state index is 0.193. The summed E-state index contributed by atoms with van der Waals surface area (Å²) in [5, 5.41) is 8.34. The number of amides is 1. The molecule has 0 radical (unpaired) electrons. The van der Waals surface area contributed by atoms with Crippen LogP contribution in [0, 0.1) is 0 Å². The number of aromatic nitrogens is 6. The third kappa shape index (κ3) is 2.41. The SMILES string of the molecule is NC(=O)c1cnn(C2CN(c3cncc(-n4cccn4)n3)C2)c1. The second-order valence-electron chi connectivity index (χ2n) is 5.32. The summed E-state index contributed by atoms with van der Waals surface area (Å²) in [6.45, 7) is 1.49. The third-order valence-electron chi connectivity index (χ3n) is 3.79. The lowest BCUT2D eigenvalue weighted by molar-refractivity contribution is 0.1000. The molecule has 0 saturated carbocycles. The van der Waals surface area contributed by atoms with Gasteiger partial charge in [0.25, 0.3) is 5.91 Å². The van der Waals surface area contributed by atoms with Crippen molar-refractivity contribution in [2.75, 3.05) is 18.0 Å². The Bertz CT molecular complexity index is 834. The summed E-state index contributed by atoms with van der Waals surface area (Å²) < 4.78 is 3.43. The Kier molecular flexibility index (Phi) is 3.04. The highest BCUT2D eigenvalue weighted by Gasteiger charge is 2.30. The van der Waals surface area contributed by atoms with Crippen molar-refractivity contribution in [3.8, 4) is 5.82 Å².